The Hall–Kier alpha value is -0.610. The van der Waals surface area contributed by atoms with Gasteiger partial charge in [0.25, 0.3) is 0 Å². The van der Waals surface area contributed by atoms with Crippen molar-refractivity contribution in [3.63, 3.8) is 0 Å². The Morgan fingerprint density at radius 3 is 2.71 bits per heavy atom. The van der Waals surface area contributed by atoms with Gasteiger partial charge in [-0.3, -0.25) is 4.79 Å². The van der Waals surface area contributed by atoms with Crippen molar-refractivity contribution in [2.75, 3.05) is 26.9 Å². The van der Waals surface area contributed by atoms with Gasteiger partial charge in [-0.2, -0.15) is 0 Å². The Labute approximate surface area is 85.0 Å². The maximum absolute atomic E-state index is 10.9. The molecule has 0 saturated carbocycles. The summed E-state index contributed by atoms with van der Waals surface area (Å²) in [7, 11) is 1.41. The third kappa shape index (κ3) is 3.27. The van der Waals surface area contributed by atoms with Crippen LogP contribution in [0.25, 0.3) is 0 Å². The van der Waals surface area contributed by atoms with Crippen molar-refractivity contribution in [2.24, 2.45) is 5.41 Å². The van der Waals surface area contributed by atoms with E-state index in [1.54, 1.807) is 0 Å². The van der Waals surface area contributed by atoms with Crippen LogP contribution in [0.2, 0.25) is 0 Å². The Kier molecular flexibility index (Phi) is 3.89. The molecular formula is C10H19NO3. The quantitative estimate of drug-likeness (QED) is 0.660. The maximum Gasteiger partial charge on any atom is 0.307 e. The molecule has 1 aliphatic rings. The summed E-state index contributed by atoms with van der Waals surface area (Å²) in [4.78, 5) is 10.9. The highest BCUT2D eigenvalue weighted by Gasteiger charge is 2.33. The van der Waals surface area contributed by atoms with Gasteiger partial charge in [-0.05, 0) is 6.92 Å². The minimum atomic E-state index is -0.167. The lowest BCUT2D eigenvalue weighted by molar-refractivity contribution is -0.141. The molecule has 0 bridgehead atoms. The number of nitrogens with one attached hydrogen (secondary N) is 1. The van der Waals surface area contributed by atoms with E-state index < -0.39 is 0 Å². The SMILES string of the molecule is COC(=O)CC(C)NCC1(C)COC1. The largest absolute Gasteiger partial charge is 0.469 e. The molecule has 0 aromatic rings. The highest BCUT2D eigenvalue weighted by atomic mass is 16.5. The molecule has 1 rings (SSSR count). The fourth-order valence-electron chi connectivity index (χ4n) is 1.38. The first-order valence-corrected chi connectivity index (χ1v) is 4.94. The molecule has 0 aromatic carbocycles. The van der Waals surface area contributed by atoms with Crippen molar-refractivity contribution in [1.82, 2.24) is 5.32 Å². The summed E-state index contributed by atoms with van der Waals surface area (Å²) in [6.45, 7) is 6.68. The summed E-state index contributed by atoms with van der Waals surface area (Å²) in [5.41, 5.74) is 0.254. The summed E-state index contributed by atoms with van der Waals surface area (Å²) in [6.07, 6.45) is 0.424. The Bertz CT molecular complexity index is 202. The number of rotatable bonds is 5. The highest BCUT2D eigenvalue weighted by Crippen LogP contribution is 2.25. The lowest BCUT2D eigenvalue weighted by Gasteiger charge is -2.38. The molecular weight excluding hydrogens is 182 g/mol. The summed E-state index contributed by atoms with van der Waals surface area (Å²) in [6, 6.07) is 0.167. The Morgan fingerprint density at radius 1 is 1.64 bits per heavy atom. The number of esters is 1. The van der Waals surface area contributed by atoms with Crippen molar-refractivity contribution in [3.8, 4) is 0 Å². The lowest BCUT2D eigenvalue weighted by atomic mass is 9.88. The van der Waals surface area contributed by atoms with E-state index in [2.05, 4.69) is 17.0 Å². The van der Waals surface area contributed by atoms with E-state index in [4.69, 9.17) is 4.74 Å². The predicted octanol–water partition coefficient (Wildman–Crippen LogP) is 0.564. The maximum atomic E-state index is 10.9. The smallest absolute Gasteiger partial charge is 0.307 e. The first-order valence-electron chi connectivity index (χ1n) is 4.94. The van der Waals surface area contributed by atoms with Gasteiger partial charge in [0.2, 0.25) is 0 Å². The van der Waals surface area contributed by atoms with Crippen LogP contribution in [0.5, 0.6) is 0 Å². The van der Waals surface area contributed by atoms with E-state index in [-0.39, 0.29) is 17.4 Å². The van der Waals surface area contributed by atoms with Gasteiger partial charge in [-0.25, -0.2) is 0 Å². The molecule has 4 heteroatoms. The molecule has 0 radical (unpaired) electrons. The number of hydrogen-bond acceptors (Lipinski definition) is 4. The van der Waals surface area contributed by atoms with Gasteiger partial charge < -0.3 is 14.8 Å². The van der Waals surface area contributed by atoms with E-state index in [0.717, 1.165) is 19.8 Å². The number of methoxy groups -OCH3 is 1. The molecule has 0 spiro atoms. The molecule has 1 atom stereocenters. The van der Waals surface area contributed by atoms with Crippen molar-refractivity contribution < 1.29 is 14.3 Å². The molecule has 0 aliphatic carbocycles. The van der Waals surface area contributed by atoms with Crippen LogP contribution in [-0.2, 0) is 14.3 Å². The van der Waals surface area contributed by atoms with Gasteiger partial charge in [-0.1, -0.05) is 6.92 Å². The summed E-state index contributed by atoms with van der Waals surface area (Å²) >= 11 is 0. The third-order valence-corrected chi connectivity index (χ3v) is 2.48. The van der Waals surface area contributed by atoms with E-state index in [1.165, 1.54) is 7.11 Å². The first kappa shape index (κ1) is 11.5. The number of ether oxygens (including phenoxy) is 2. The van der Waals surface area contributed by atoms with Crippen LogP contribution < -0.4 is 5.32 Å². The van der Waals surface area contributed by atoms with Gasteiger partial charge in [0.1, 0.15) is 0 Å². The van der Waals surface area contributed by atoms with Gasteiger partial charge >= 0.3 is 5.97 Å². The van der Waals surface area contributed by atoms with Crippen molar-refractivity contribution in [1.29, 1.82) is 0 Å². The zero-order valence-corrected chi connectivity index (χ0v) is 9.13. The predicted molar refractivity (Wildman–Crippen MR) is 53.0 cm³/mol. The molecule has 1 fully saturated rings. The van der Waals surface area contributed by atoms with Crippen molar-refractivity contribution in [2.45, 2.75) is 26.3 Å². The average molecular weight is 201 g/mol. The second kappa shape index (κ2) is 4.75. The van der Waals surface area contributed by atoms with E-state index >= 15 is 0 Å². The van der Waals surface area contributed by atoms with Crippen LogP contribution in [0.1, 0.15) is 20.3 Å². The fraction of sp³-hybridized carbons (Fsp3) is 0.900. The highest BCUT2D eigenvalue weighted by molar-refractivity contribution is 5.69. The van der Waals surface area contributed by atoms with Crippen LogP contribution in [-0.4, -0.2) is 38.9 Å². The molecule has 1 saturated heterocycles. The van der Waals surface area contributed by atoms with Crippen LogP contribution in [0.15, 0.2) is 0 Å². The molecule has 0 amide bonds. The van der Waals surface area contributed by atoms with Crippen molar-refractivity contribution >= 4 is 5.97 Å². The van der Waals surface area contributed by atoms with Gasteiger partial charge in [-0.15, -0.1) is 0 Å². The van der Waals surface area contributed by atoms with Gasteiger partial charge in [0.15, 0.2) is 0 Å². The molecule has 82 valence electrons. The van der Waals surface area contributed by atoms with E-state index in [0.29, 0.717) is 6.42 Å². The molecule has 1 aliphatic heterocycles. The van der Waals surface area contributed by atoms with Crippen molar-refractivity contribution in [3.05, 3.63) is 0 Å². The van der Waals surface area contributed by atoms with Crippen LogP contribution in [0.3, 0.4) is 0 Å². The number of carbonyl (C=O) groups excluding carboxylic acids is 1. The molecule has 1 heterocycles. The second-order valence-corrected chi connectivity index (χ2v) is 4.37. The minimum Gasteiger partial charge on any atom is -0.469 e. The topological polar surface area (TPSA) is 47.6 Å². The van der Waals surface area contributed by atoms with Crippen LogP contribution in [0.4, 0.5) is 0 Å². The molecule has 1 N–H and O–H groups in total. The fourth-order valence-corrected chi connectivity index (χ4v) is 1.38. The van der Waals surface area contributed by atoms with Crippen LogP contribution >= 0.6 is 0 Å². The average Bonchev–Trinajstić information content (AvgIpc) is 2.11. The zero-order chi connectivity index (χ0) is 10.6. The first-order chi connectivity index (χ1) is 6.56. The minimum absolute atomic E-state index is 0.167. The molecule has 0 aromatic heterocycles. The number of hydrogen-bond donors (Lipinski definition) is 1. The van der Waals surface area contributed by atoms with Gasteiger partial charge in [0.05, 0.1) is 26.7 Å². The van der Waals surface area contributed by atoms with E-state index in [1.807, 2.05) is 6.92 Å². The Morgan fingerprint density at radius 2 is 2.29 bits per heavy atom. The number of carbonyl (C=O) groups is 1. The van der Waals surface area contributed by atoms with Crippen LogP contribution in [0, 0.1) is 5.41 Å². The summed E-state index contributed by atoms with van der Waals surface area (Å²) in [5.74, 6) is -0.167. The summed E-state index contributed by atoms with van der Waals surface area (Å²) in [5, 5.41) is 3.31. The standard InChI is InChI=1S/C10H19NO3/c1-8(4-9(12)13-3)11-5-10(2)6-14-7-10/h8,11H,4-7H2,1-3H3. The Balaban J connectivity index is 2.14. The summed E-state index contributed by atoms with van der Waals surface area (Å²) < 4.78 is 9.73. The lowest BCUT2D eigenvalue weighted by Crippen LogP contribution is -2.49. The van der Waals surface area contributed by atoms with E-state index in [9.17, 15) is 4.79 Å². The molecule has 4 nitrogen and oxygen atoms in total. The van der Waals surface area contributed by atoms with Gasteiger partial charge in [0, 0.05) is 18.0 Å². The third-order valence-electron chi connectivity index (χ3n) is 2.48. The monoisotopic (exact) mass is 201 g/mol. The molecule has 1 unspecified atom stereocenters. The molecule has 14 heavy (non-hydrogen) atoms. The zero-order valence-electron chi connectivity index (χ0n) is 9.13. The second-order valence-electron chi connectivity index (χ2n) is 4.37. The normalized spacial score (nSPS) is 21.1.